The molecular formula is C22H36N3S+. The van der Waals surface area contributed by atoms with Crippen LogP contribution in [0.5, 0.6) is 0 Å². The van der Waals surface area contributed by atoms with E-state index >= 15 is 0 Å². The fourth-order valence-electron chi connectivity index (χ4n) is 4.67. The number of piperidine rings is 1. The Hall–Kier alpha value is -1.13. The standard InChI is InChI=1S/C22H35N3S/c1-17-10-11-18(2)21(16-17)23-22(26)25-14-12-20(13-15-25)24(3)19-8-6-4-5-7-9-19/h10-11,16,19-20H,4-9,12-15H2,1-3H3,(H,23,26)/p+1. The van der Waals surface area contributed by atoms with Gasteiger partial charge < -0.3 is 15.1 Å². The van der Waals surface area contributed by atoms with Gasteiger partial charge in [-0.2, -0.15) is 0 Å². The second-order valence-electron chi connectivity index (χ2n) is 8.44. The Morgan fingerprint density at radius 2 is 1.62 bits per heavy atom. The van der Waals surface area contributed by atoms with E-state index in [-0.39, 0.29) is 0 Å². The Morgan fingerprint density at radius 3 is 2.27 bits per heavy atom. The van der Waals surface area contributed by atoms with Crippen molar-refractivity contribution in [1.82, 2.24) is 4.90 Å². The highest BCUT2D eigenvalue weighted by Crippen LogP contribution is 2.19. The van der Waals surface area contributed by atoms with Crippen LogP contribution in [-0.2, 0) is 0 Å². The maximum Gasteiger partial charge on any atom is 0.173 e. The summed E-state index contributed by atoms with van der Waals surface area (Å²) in [6, 6.07) is 8.20. The summed E-state index contributed by atoms with van der Waals surface area (Å²) in [5, 5.41) is 4.38. The number of aryl methyl sites for hydroxylation is 2. The maximum atomic E-state index is 5.71. The molecule has 1 saturated heterocycles. The van der Waals surface area contributed by atoms with Crippen LogP contribution in [0.2, 0.25) is 0 Å². The number of thiocarbonyl (C=S) groups is 1. The van der Waals surface area contributed by atoms with Crippen LogP contribution in [0.4, 0.5) is 5.69 Å². The Bertz CT molecular complexity index is 599. The van der Waals surface area contributed by atoms with Gasteiger partial charge in [-0.3, -0.25) is 0 Å². The molecule has 3 nitrogen and oxygen atoms in total. The van der Waals surface area contributed by atoms with Gasteiger partial charge in [0.2, 0.25) is 0 Å². The predicted molar refractivity (Wildman–Crippen MR) is 115 cm³/mol. The molecule has 1 aromatic rings. The molecule has 2 aliphatic rings. The van der Waals surface area contributed by atoms with E-state index in [1.54, 1.807) is 4.90 Å². The van der Waals surface area contributed by atoms with Crippen LogP contribution in [0, 0.1) is 13.8 Å². The molecular weight excluding hydrogens is 338 g/mol. The first-order chi connectivity index (χ1) is 12.5. The van der Waals surface area contributed by atoms with Crippen molar-refractivity contribution in [2.75, 3.05) is 25.5 Å². The van der Waals surface area contributed by atoms with Gasteiger partial charge in [0.1, 0.15) is 0 Å². The third-order valence-corrected chi connectivity index (χ3v) is 6.92. The number of hydrogen-bond donors (Lipinski definition) is 2. The van der Waals surface area contributed by atoms with E-state index in [4.69, 9.17) is 12.2 Å². The Balaban J connectivity index is 1.51. The largest absolute Gasteiger partial charge is 0.349 e. The van der Waals surface area contributed by atoms with E-state index in [1.165, 1.54) is 62.5 Å². The van der Waals surface area contributed by atoms with Crippen LogP contribution >= 0.6 is 12.2 Å². The third-order valence-electron chi connectivity index (χ3n) is 6.56. The third kappa shape index (κ3) is 4.98. The Labute approximate surface area is 165 Å². The van der Waals surface area contributed by atoms with Crippen molar-refractivity contribution < 1.29 is 4.90 Å². The molecule has 1 aliphatic carbocycles. The molecule has 0 aromatic heterocycles. The van der Waals surface area contributed by atoms with Crippen molar-refractivity contribution >= 4 is 23.0 Å². The highest BCUT2D eigenvalue weighted by atomic mass is 32.1. The molecule has 4 heteroatoms. The average molecular weight is 375 g/mol. The summed E-state index contributed by atoms with van der Waals surface area (Å²) < 4.78 is 0. The van der Waals surface area contributed by atoms with Gasteiger partial charge in [0.05, 0.1) is 19.1 Å². The summed E-state index contributed by atoms with van der Waals surface area (Å²) >= 11 is 5.71. The second kappa shape index (κ2) is 9.18. The molecule has 1 saturated carbocycles. The molecule has 144 valence electrons. The van der Waals surface area contributed by atoms with Gasteiger partial charge in [0, 0.05) is 31.6 Å². The quantitative estimate of drug-likeness (QED) is 0.622. The number of nitrogens with zero attached hydrogens (tertiary/aromatic N) is 1. The van der Waals surface area contributed by atoms with Gasteiger partial charge >= 0.3 is 0 Å². The zero-order valence-corrected chi connectivity index (χ0v) is 17.6. The normalized spacial score (nSPS) is 21.3. The molecule has 3 rings (SSSR count). The van der Waals surface area contributed by atoms with E-state index in [0.717, 1.165) is 36.0 Å². The summed E-state index contributed by atoms with van der Waals surface area (Å²) in [5.74, 6) is 0. The van der Waals surface area contributed by atoms with Gasteiger partial charge in [0.25, 0.3) is 0 Å². The summed E-state index contributed by atoms with van der Waals surface area (Å²) in [6.07, 6.45) is 11.1. The lowest BCUT2D eigenvalue weighted by molar-refractivity contribution is -0.933. The van der Waals surface area contributed by atoms with Crippen LogP contribution in [0.3, 0.4) is 0 Å². The van der Waals surface area contributed by atoms with Crippen molar-refractivity contribution in [2.24, 2.45) is 0 Å². The van der Waals surface area contributed by atoms with Crippen LogP contribution in [0.1, 0.15) is 62.5 Å². The smallest absolute Gasteiger partial charge is 0.173 e. The highest BCUT2D eigenvalue weighted by molar-refractivity contribution is 7.80. The summed E-state index contributed by atoms with van der Waals surface area (Å²) in [5.41, 5.74) is 3.68. The Morgan fingerprint density at radius 1 is 1.00 bits per heavy atom. The molecule has 0 amide bonds. The monoisotopic (exact) mass is 374 g/mol. The molecule has 1 aliphatic heterocycles. The van der Waals surface area contributed by atoms with E-state index in [9.17, 15) is 0 Å². The number of rotatable bonds is 3. The fraction of sp³-hybridized carbons (Fsp3) is 0.682. The summed E-state index contributed by atoms with van der Waals surface area (Å²) in [7, 11) is 2.45. The minimum absolute atomic E-state index is 0.804. The van der Waals surface area contributed by atoms with Gasteiger partial charge in [-0.05, 0) is 68.9 Å². The number of nitrogens with one attached hydrogen (secondary N) is 2. The minimum atomic E-state index is 0.804. The first-order valence-corrected chi connectivity index (χ1v) is 10.9. The van der Waals surface area contributed by atoms with E-state index in [0.29, 0.717) is 0 Å². The molecule has 26 heavy (non-hydrogen) atoms. The molecule has 0 spiro atoms. The number of hydrogen-bond acceptors (Lipinski definition) is 1. The number of benzene rings is 1. The van der Waals surface area contributed by atoms with E-state index < -0.39 is 0 Å². The molecule has 1 aromatic carbocycles. The van der Waals surface area contributed by atoms with Crippen molar-refractivity contribution in [3.05, 3.63) is 29.3 Å². The van der Waals surface area contributed by atoms with Gasteiger partial charge in [-0.15, -0.1) is 0 Å². The topological polar surface area (TPSA) is 19.7 Å². The molecule has 1 unspecified atom stereocenters. The van der Waals surface area contributed by atoms with Gasteiger partial charge in [0.15, 0.2) is 5.11 Å². The zero-order valence-electron chi connectivity index (χ0n) is 16.8. The van der Waals surface area contributed by atoms with Crippen LogP contribution in [0.25, 0.3) is 0 Å². The number of quaternary nitrogens is 1. The lowest BCUT2D eigenvalue weighted by atomic mass is 9.99. The number of likely N-dealkylation sites (tertiary alicyclic amines) is 1. The Kier molecular flexibility index (Phi) is 6.93. The predicted octanol–water partition coefficient (Wildman–Crippen LogP) is 3.70. The van der Waals surface area contributed by atoms with E-state index in [2.05, 4.69) is 49.3 Å². The molecule has 1 atom stereocenters. The second-order valence-corrected chi connectivity index (χ2v) is 8.83. The summed E-state index contributed by atoms with van der Waals surface area (Å²) in [4.78, 5) is 4.16. The van der Waals surface area contributed by atoms with Gasteiger partial charge in [-0.1, -0.05) is 25.0 Å². The molecule has 2 fully saturated rings. The van der Waals surface area contributed by atoms with Crippen molar-refractivity contribution in [3.63, 3.8) is 0 Å². The maximum absolute atomic E-state index is 5.71. The van der Waals surface area contributed by atoms with Crippen LogP contribution < -0.4 is 10.2 Å². The fourth-order valence-corrected chi connectivity index (χ4v) is 4.96. The van der Waals surface area contributed by atoms with Crippen LogP contribution in [-0.4, -0.2) is 42.2 Å². The lowest BCUT2D eigenvalue weighted by Gasteiger charge is -2.38. The first kappa shape index (κ1) is 19.6. The van der Waals surface area contributed by atoms with Crippen LogP contribution in [0.15, 0.2) is 18.2 Å². The SMILES string of the molecule is Cc1ccc(C)c(NC(=S)N2CCC([NH+](C)C3CCCCCC3)CC2)c1. The zero-order chi connectivity index (χ0) is 18.5. The molecule has 1 heterocycles. The lowest BCUT2D eigenvalue weighted by Crippen LogP contribution is -3.17. The molecule has 0 radical (unpaired) electrons. The van der Waals surface area contributed by atoms with Crippen molar-refractivity contribution in [2.45, 2.75) is 77.3 Å². The minimum Gasteiger partial charge on any atom is -0.349 e. The van der Waals surface area contributed by atoms with Gasteiger partial charge in [-0.25, -0.2) is 0 Å². The molecule has 0 bridgehead atoms. The summed E-state index contributed by atoms with van der Waals surface area (Å²) in [6.45, 7) is 6.45. The van der Waals surface area contributed by atoms with E-state index in [1.807, 2.05) is 0 Å². The first-order valence-electron chi connectivity index (χ1n) is 10.5. The van der Waals surface area contributed by atoms with Crippen molar-refractivity contribution in [3.8, 4) is 0 Å². The number of anilines is 1. The van der Waals surface area contributed by atoms with Crippen molar-refractivity contribution in [1.29, 1.82) is 0 Å². The molecule has 2 N–H and O–H groups in total. The average Bonchev–Trinajstić information content (AvgIpc) is 2.93. The highest BCUT2D eigenvalue weighted by Gasteiger charge is 2.31.